The van der Waals surface area contributed by atoms with Gasteiger partial charge in [0, 0.05) is 31.7 Å². The summed E-state index contributed by atoms with van der Waals surface area (Å²) in [5.74, 6) is 0.745. The highest BCUT2D eigenvalue weighted by Crippen LogP contribution is 2.20. The van der Waals surface area contributed by atoms with Gasteiger partial charge in [-0.3, -0.25) is 4.79 Å². The third kappa shape index (κ3) is 6.67. The number of nitrogens with two attached hydrogens (primary N) is 1. The fourth-order valence-electron chi connectivity index (χ4n) is 3.26. The SMILES string of the molecule is CC(C)CNC(=O)N1CCCC(C(=O)NC(C)(CN)CC(C)C)C1. The Morgan fingerprint density at radius 3 is 2.46 bits per heavy atom. The molecule has 1 heterocycles. The van der Waals surface area contributed by atoms with Crippen LogP contribution < -0.4 is 16.4 Å². The molecular weight excluding hydrogens is 304 g/mol. The molecule has 0 aromatic heterocycles. The van der Waals surface area contributed by atoms with Gasteiger partial charge in [0.05, 0.1) is 5.92 Å². The van der Waals surface area contributed by atoms with Gasteiger partial charge in [0.1, 0.15) is 0 Å². The van der Waals surface area contributed by atoms with Crippen molar-refractivity contribution in [3.63, 3.8) is 0 Å². The average molecular weight is 341 g/mol. The number of hydrogen-bond acceptors (Lipinski definition) is 3. The quantitative estimate of drug-likeness (QED) is 0.662. The molecule has 140 valence electrons. The first-order chi connectivity index (χ1) is 11.2. The topological polar surface area (TPSA) is 87.5 Å². The van der Waals surface area contributed by atoms with Crippen LogP contribution in [0.5, 0.6) is 0 Å². The van der Waals surface area contributed by atoms with Gasteiger partial charge in [-0.1, -0.05) is 27.7 Å². The van der Waals surface area contributed by atoms with E-state index in [4.69, 9.17) is 5.73 Å². The second-order valence-electron chi connectivity index (χ2n) is 8.22. The molecule has 0 saturated carbocycles. The maximum Gasteiger partial charge on any atom is 0.317 e. The van der Waals surface area contributed by atoms with Gasteiger partial charge in [0.25, 0.3) is 0 Å². The molecule has 1 saturated heterocycles. The summed E-state index contributed by atoms with van der Waals surface area (Å²) >= 11 is 0. The molecule has 4 N–H and O–H groups in total. The van der Waals surface area contributed by atoms with E-state index in [1.165, 1.54) is 0 Å². The number of nitrogens with zero attached hydrogens (tertiary/aromatic N) is 1. The fraction of sp³-hybridized carbons (Fsp3) is 0.889. The summed E-state index contributed by atoms with van der Waals surface area (Å²) in [5.41, 5.74) is 5.51. The van der Waals surface area contributed by atoms with Crippen molar-refractivity contribution >= 4 is 11.9 Å². The number of carbonyl (C=O) groups excluding carboxylic acids is 2. The molecule has 1 rings (SSSR count). The van der Waals surface area contributed by atoms with Crippen LogP contribution in [0.25, 0.3) is 0 Å². The van der Waals surface area contributed by atoms with E-state index in [9.17, 15) is 9.59 Å². The summed E-state index contributed by atoms with van der Waals surface area (Å²) in [5, 5.41) is 6.06. The molecule has 24 heavy (non-hydrogen) atoms. The first kappa shape index (κ1) is 20.7. The average Bonchev–Trinajstić information content (AvgIpc) is 2.51. The first-order valence-electron chi connectivity index (χ1n) is 9.21. The Kier molecular flexibility index (Phi) is 8.00. The summed E-state index contributed by atoms with van der Waals surface area (Å²) in [6.07, 6.45) is 2.53. The summed E-state index contributed by atoms with van der Waals surface area (Å²) < 4.78 is 0. The Bertz CT molecular complexity index is 425. The molecule has 0 aromatic carbocycles. The minimum atomic E-state index is -0.382. The van der Waals surface area contributed by atoms with Crippen LogP contribution in [0.2, 0.25) is 0 Å². The molecule has 1 aliphatic rings. The lowest BCUT2D eigenvalue weighted by Gasteiger charge is -2.36. The zero-order chi connectivity index (χ0) is 18.3. The Labute approximate surface area is 146 Å². The zero-order valence-corrected chi connectivity index (χ0v) is 16.0. The lowest BCUT2D eigenvalue weighted by molar-refractivity contribution is -0.128. The standard InChI is InChI=1S/C18H36N4O2/c1-13(2)9-18(5,12-19)21-16(23)15-7-6-8-22(11-15)17(24)20-10-14(3)4/h13-15H,6-12,19H2,1-5H3,(H,20,24)(H,21,23). The van der Waals surface area contributed by atoms with Crippen molar-refractivity contribution in [1.82, 2.24) is 15.5 Å². The summed E-state index contributed by atoms with van der Waals surface area (Å²) in [4.78, 5) is 26.6. The van der Waals surface area contributed by atoms with Gasteiger partial charge in [-0.15, -0.1) is 0 Å². The Balaban J connectivity index is 2.59. The highest BCUT2D eigenvalue weighted by Gasteiger charge is 2.33. The molecule has 2 unspecified atom stereocenters. The van der Waals surface area contributed by atoms with Crippen LogP contribution in [-0.2, 0) is 4.79 Å². The summed E-state index contributed by atoms with van der Waals surface area (Å²) in [6.45, 7) is 12.7. The van der Waals surface area contributed by atoms with Crippen molar-refractivity contribution in [1.29, 1.82) is 0 Å². The molecule has 2 atom stereocenters. The van der Waals surface area contributed by atoms with E-state index in [-0.39, 0.29) is 23.4 Å². The van der Waals surface area contributed by atoms with Gasteiger partial charge in [0.2, 0.25) is 5.91 Å². The van der Waals surface area contributed by atoms with E-state index in [2.05, 4.69) is 38.3 Å². The maximum atomic E-state index is 12.7. The molecule has 3 amide bonds. The van der Waals surface area contributed by atoms with Gasteiger partial charge < -0.3 is 21.3 Å². The largest absolute Gasteiger partial charge is 0.349 e. The molecule has 0 bridgehead atoms. The number of likely N-dealkylation sites (tertiary alicyclic amines) is 1. The molecule has 0 spiro atoms. The lowest BCUT2D eigenvalue weighted by atomic mass is 9.89. The fourth-order valence-corrected chi connectivity index (χ4v) is 3.26. The Morgan fingerprint density at radius 1 is 1.25 bits per heavy atom. The van der Waals surface area contributed by atoms with Crippen molar-refractivity contribution in [2.24, 2.45) is 23.5 Å². The van der Waals surface area contributed by atoms with Crippen LogP contribution in [0.1, 0.15) is 53.9 Å². The van der Waals surface area contributed by atoms with E-state index in [1.54, 1.807) is 4.90 Å². The van der Waals surface area contributed by atoms with Gasteiger partial charge in [-0.25, -0.2) is 4.79 Å². The second-order valence-corrected chi connectivity index (χ2v) is 8.22. The molecule has 1 fully saturated rings. The van der Waals surface area contributed by atoms with Gasteiger partial charge in [-0.05, 0) is 38.0 Å². The number of urea groups is 1. The van der Waals surface area contributed by atoms with E-state index in [1.807, 2.05) is 6.92 Å². The maximum absolute atomic E-state index is 12.7. The van der Waals surface area contributed by atoms with Crippen molar-refractivity contribution in [2.75, 3.05) is 26.2 Å². The number of amides is 3. The molecule has 1 aliphatic heterocycles. The number of carbonyl (C=O) groups is 2. The molecular formula is C18H36N4O2. The van der Waals surface area contributed by atoms with Crippen LogP contribution in [0.3, 0.4) is 0 Å². The highest BCUT2D eigenvalue weighted by atomic mass is 16.2. The minimum Gasteiger partial charge on any atom is -0.349 e. The van der Waals surface area contributed by atoms with Crippen molar-refractivity contribution < 1.29 is 9.59 Å². The predicted molar refractivity (Wildman–Crippen MR) is 97.6 cm³/mol. The third-order valence-corrected chi connectivity index (χ3v) is 4.48. The number of rotatable bonds is 7. The molecule has 6 nitrogen and oxygen atoms in total. The Morgan fingerprint density at radius 2 is 1.92 bits per heavy atom. The normalized spacial score (nSPS) is 20.8. The van der Waals surface area contributed by atoms with E-state index < -0.39 is 0 Å². The van der Waals surface area contributed by atoms with Crippen LogP contribution >= 0.6 is 0 Å². The van der Waals surface area contributed by atoms with E-state index in [0.29, 0.717) is 38.0 Å². The second kappa shape index (κ2) is 9.25. The predicted octanol–water partition coefficient (Wildman–Crippen LogP) is 1.94. The van der Waals surface area contributed by atoms with Crippen molar-refractivity contribution in [3.05, 3.63) is 0 Å². The smallest absolute Gasteiger partial charge is 0.317 e. The van der Waals surface area contributed by atoms with Crippen molar-refractivity contribution in [2.45, 2.75) is 59.4 Å². The van der Waals surface area contributed by atoms with Crippen LogP contribution in [0.15, 0.2) is 0 Å². The number of piperidine rings is 1. The van der Waals surface area contributed by atoms with E-state index >= 15 is 0 Å². The van der Waals surface area contributed by atoms with Gasteiger partial charge in [-0.2, -0.15) is 0 Å². The minimum absolute atomic E-state index is 0.0185. The molecule has 0 aromatic rings. The van der Waals surface area contributed by atoms with Crippen LogP contribution in [-0.4, -0.2) is 48.6 Å². The summed E-state index contributed by atoms with van der Waals surface area (Å²) in [7, 11) is 0. The molecule has 0 radical (unpaired) electrons. The number of hydrogen-bond donors (Lipinski definition) is 3. The molecule has 0 aliphatic carbocycles. The van der Waals surface area contributed by atoms with Crippen LogP contribution in [0, 0.1) is 17.8 Å². The zero-order valence-electron chi connectivity index (χ0n) is 16.0. The monoisotopic (exact) mass is 340 g/mol. The van der Waals surface area contributed by atoms with E-state index in [0.717, 1.165) is 19.3 Å². The van der Waals surface area contributed by atoms with Gasteiger partial charge >= 0.3 is 6.03 Å². The van der Waals surface area contributed by atoms with Gasteiger partial charge in [0.15, 0.2) is 0 Å². The van der Waals surface area contributed by atoms with Crippen molar-refractivity contribution in [3.8, 4) is 0 Å². The number of nitrogens with one attached hydrogen (secondary N) is 2. The third-order valence-electron chi connectivity index (χ3n) is 4.48. The van der Waals surface area contributed by atoms with Crippen LogP contribution in [0.4, 0.5) is 4.79 Å². The lowest BCUT2D eigenvalue weighted by Crippen LogP contribution is -2.56. The highest BCUT2D eigenvalue weighted by molar-refractivity contribution is 5.81. The Hall–Kier alpha value is -1.30. The molecule has 6 heteroatoms. The summed E-state index contributed by atoms with van der Waals surface area (Å²) in [6, 6.07) is -0.0648. The first-order valence-corrected chi connectivity index (χ1v) is 9.21.